The van der Waals surface area contributed by atoms with E-state index in [1.54, 1.807) is 7.11 Å². The van der Waals surface area contributed by atoms with Crippen LogP contribution in [0.4, 0.5) is 5.69 Å². The van der Waals surface area contributed by atoms with Crippen molar-refractivity contribution in [3.8, 4) is 11.5 Å². The van der Waals surface area contributed by atoms with E-state index in [1.165, 1.54) is 0 Å². The Morgan fingerprint density at radius 1 is 0.962 bits per heavy atom. The maximum atomic E-state index is 6.03. The molecule has 0 bridgehead atoms. The number of benzene rings is 3. The molecular formula is C21H19BrINO2. The zero-order valence-corrected chi connectivity index (χ0v) is 18.1. The van der Waals surface area contributed by atoms with Gasteiger partial charge in [0.25, 0.3) is 0 Å². The van der Waals surface area contributed by atoms with Crippen molar-refractivity contribution in [2.24, 2.45) is 0 Å². The zero-order chi connectivity index (χ0) is 18.4. The molecule has 0 fully saturated rings. The van der Waals surface area contributed by atoms with Gasteiger partial charge >= 0.3 is 0 Å². The predicted octanol–water partition coefficient (Wildman–Crippen LogP) is 6.25. The first-order valence-corrected chi connectivity index (χ1v) is 10.1. The molecule has 26 heavy (non-hydrogen) atoms. The second kappa shape index (κ2) is 9.28. The van der Waals surface area contributed by atoms with E-state index in [2.05, 4.69) is 62.0 Å². The summed E-state index contributed by atoms with van der Waals surface area (Å²) in [6, 6.07) is 22.4. The van der Waals surface area contributed by atoms with Crippen LogP contribution < -0.4 is 14.8 Å². The lowest BCUT2D eigenvalue weighted by atomic mass is 10.2. The molecule has 0 saturated carbocycles. The Kier molecular flexibility index (Phi) is 6.80. The third kappa shape index (κ3) is 5.14. The summed E-state index contributed by atoms with van der Waals surface area (Å²) in [5, 5.41) is 3.42. The Labute approximate surface area is 176 Å². The quantitative estimate of drug-likeness (QED) is 0.371. The van der Waals surface area contributed by atoms with Gasteiger partial charge in [-0.3, -0.25) is 0 Å². The number of halogens is 2. The molecule has 0 amide bonds. The van der Waals surface area contributed by atoms with Gasteiger partial charge in [-0.05, 0) is 70.1 Å². The van der Waals surface area contributed by atoms with Gasteiger partial charge in [0, 0.05) is 16.7 Å². The topological polar surface area (TPSA) is 30.5 Å². The second-order valence-electron chi connectivity index (χ2n) is 5.74. The molecule has 0 aliphatic heterocycles. The Balaban J connectivity index is 1.71. The summed E-state index contributed by atoms with van der Waals surface area (Å²) in [6.07, 6.45) is 0. The molecule has 5 heteroatoms. The highest BCUT2D eigenvalue weighted by Gasteiger charge is 2.12. The number of nitrogens with one attached hydrogen (secondary N) is 1. The molecule has 3 aromatic rings. The molecule has 134 valence electrons. The Morgan fingerprint density at radius 3 is 2.38 bits per heavy atom. The summed E-state index contributed by atoms with van der Waals surface area (Å²) < 4.78 is 13.7. The van der Waals surface area contributed by atoms with Gasteiger partial charge in [0.05, 0.1) is 10.7 Å². The van der Waals surface area contributed by atoms with Crippen LogP contribution in [0.1, 0.15) is 11.1 Å². The van der Waals surface area contributed by atoms with E-state index in [-0.39, 0.29) is 0 Å². The molecule has 0 heterocycles. The molecule has 0 spiro atoms. The van der Waals surface area contributed by atoms with E-state index in [0.29, 0.717) is 6.61 Å². The van der Waals surface area contributed by atoms with Gasteiger partial charge in [0.15, 0.2) is 11.5 Å². The molecule has 0 aliphatic carbocycles. The Morgan fingerprint density at radius 2 is 1.69 bits per heavy atom. The summed E-state index contributed by atoms with van der Waals surface area (Å²) in [5.41, 5.74) is 3.35. The van der Waals surface area contributed by atoms with Crippen LogP contribution in [0.3, 0.4) is 0 Å². The molecule has 0 atom stereocenters. The second-order valence-corrected chi connectivity index (χ2v) is 7.82. The van der Waals surface area contributed by atoms with Crippen LogP contribution in [0.25, 0.3) is 0 Å². The number of rotatable bonds is 7. The van der Waals surface area contributed by atoms with Crippen molar-refractivity contribution in [1.82, 2.24) is 0 Å². The molecule has 0 aromatic heterocycles. The predicted molar refractivity (Wildman–Crippen MR) is 118 cm³/mol. The van der Waals surface area contributed by atoms with Crippen LogP contribution >= 0.6 is 38.5 Å². The smallest absolute Gasteiger partial charge is 0.174 e. The van der Waals surface area contributed by atoms with Crippen LogP contribution in [-0.4, -0.2) is 7.11 Å². The maximum absolute atomic E-state index is 6.03. The molecule has 3 rings (SSSR count). The molecule has 3 aromatic carbocycles. The molecule has 1 N–H and O–H groups in total. The summed E-state index contributed by atoms with van der Waals surface area (Å²) in [7, 11) is 1.67. The van der Waals surface area contributed by atoms with Crippen LogP contribution in [-0.2, 0) is 13.2 Å². The first-order valence-electron chi connectivity index (χ1n) is 8.18. The summed E-state index contributed by atoms with van der Waals surface area (Å²) in [5.74, 6) is 1.53. The van der Waals surface area contributed by atoms with E-state index in [9.17, 15) is 0 Å². The van der Waals surface area contributed by atoms with Gasteiger partial charge < -0.3 is 14.8 Å². The van der Waals surface area contributed by atoms with E-state index >= 15 is 0 Å². The number of anilines is 1. The fourth-order valence-electron chi connectivity index (χ4n) is 2.51. The number of hydrogen-bond acceptors (Lipinski definition) is 3. The highest BCUT2D eigenvalue weighted by Crippen LogP contribution is 2.34. The van der Waals surface area contributed by atoms with Crippen molar-refractivity contribution in [2.75, 3.05) is 12.4 Å². The van der Waals surface area contributed by atoms with Crippen molar-refractivity contribution >= 4 is 44.2 Å². The fourth-order valence-corrected chi connectivity index (χ4v) is 3.60. The van der Waals surface area contributed by atoms with E-state index in [0.717, 1.165) is 42.9 Å². The molecule has 0 radical (unpaired) electrons. The average Bonchev–Trinajstić information content (AvgIpc) is 2.67. The van der Waals surface area contributed by atoms with Gasteiger partial charge in [-0.1, -0.05) is 46.3 Å². The number of ether oxygens (including phenoxy) is 2. The van der Waals surface area contributed by atoms with Gasteiger partial charge in [-0.15, -0.1) is 0 Å². The lowest BCUT2D eigenvalue weighted by Gasteiger charge is -2.15. The third-order valence-electron chi connectivity index (χ3n) is 3.86. The number of para-hydroxylation sites is 1. The summed E-state index contributed by atoms with van der Waals surface area (Å²) in [4.78, 5) is 0. The van der Waals surface area contributed by atoms with E-state index in [4.69, 9.17) is 9.47 Å². The monoisotopic (exact) mass is 523 g/mol. The van der Waals surface area contributed by atoms with E-state index in [1.807, 2.05) is 48.5 Å². The average molecular weight is 524 g/mol. The molecule has 0 aliphatic rings. The molecule has 0 saturated heterocycles. The normalized spacial score (nSPS) is 10.4. The Bertz CT molecular complexity index is 854. The summed E-state index contributed by atoms with van der Waals surface area (Å²) >= 11 is 5.74. The first kappa shape index (κ1) is 19.0. The van der Waals surface area contributed by atoms with Crippen molar-refractivity contribution in [3.05, 3.63) is 85.9 Å². The van der Waals surface area contributed by atoms with Crippen LogP contribution in [0.2, 0.25) is 0 Å². The number of methoxy groups -OCH3 is 1. The zero-order valence-electron chi connectivity index (χ0n) is 14.3. The number of hydrogen-bond donors (Lipinski definition) is 1. The van der Waals surface area contributed by atoms with Crippen LogP contribution in [0.5, 0.6) is 11.5 Å². The molecular weight excluding hydrogens is 505 g/mol. The van der Waals surface area contributed by atoms with Crippen molar-refractivity contribution < 1.29 is 9.47 Å². The Hall–Kier alpha value is -1.73. The van der Waals surface area contributed by atoms with Crippen LogP contribution in [0.15, 0.2) is 71.2 Å². The standard InChI is InChI=1S/C21H19BrINO2/c1-25-20-12-16(13-24-18-5-3-2-4-6-18)11-19(23)21(20)26-14-15-7-9-17(22)10-8-15/h2-12,24H,13-14H2,1H3. The maximum Gasteiger partial charge on any atom is 0.174 e. The van der Waals surface area contributed by atoms with Gasteiger partial charge in [0.1, 0.15) is 6.61 Å². The minimum atomic E-state index is 0.501. The summed E-state index contributed by atoms with van der Waals surface area (Å²) in [6.45, 7) is 1.23. The van der Waals surface area contributed by atoms with Gasteiger partial charge in [-0.25, -0.2) is 0 Å². The van der Waals surface area contributed by atoms with Crippen molar-refractivity contribution in [2.45, 2.75) is 13.2 Å². The van der Waals surface area contributed by atoms with Crippen molar-refractivity contribution in [1.29, 1.82) is 0 Å². The minimum Gasteiger partial charge on any atom is -0.493 e. The van der Waals surface area contributed by atoms with Gasteiger partial charge in [0.2, 0.25) is 0 Å². The van der Waals surface area contributed by atoms with Crippen molar-refractivity contribution in [3.63, 3.8) is 0 Å². The molecule has 3 nitrogen and oxygen atoms in total. The fraction of sp³-hybridized carbons (Fsp3) is 0.143. The lowest BCUT2D eigenvalue weighted by Crippen LogP contribution is -2.03. The first-order chi connectivity index (χ1) is 12.7. The third-order valence-corrected chi connectivity index (χ3v) is 5.19. The largest absolute Gasteiger partial charge is 0.493 e. The van der Waals surface area contributed by atoms with Crippen LogP contribution in [0, 0.1) is 3.57 Å². The highest BCUT2D eigenvalue weighted by atomic mass is 127. The minimum absolute atomic E-state index is 0.501. The SMILES string of the molecule is COc1cc(CNc2ccccc2)cc(I)c1OCc1ccc(Br)cc1. The highest BCUT2D eigenvalue weighted by molar-refractivity contribution is 14.1. The lowest BCUT2D eigenvalue weighted by molar-refractivity contribution is 0.282. The molecule has 0 unspecified atom stereocenters. The van der Waals surface area contributed by atoms with E-state index < -0.39 is 0 Å². The van der Waals surface area contributed by atoms with Gasteiger partial charge in [-0.2, -0.15) is 0 Å².